The van der Waals surface area contributed by atoms with E-state index < -0.39 is 17.0 Å². The number of furan rings is 1. The number of hydrogen-bond acceptors (Lipinski definition) is 5. The number of carbonyl (C=O) groups is 1. The number of methoxy groups -OCH3 is 1. The molecule has 0 saturated carbocycles. The van der Waals surface area contributed by atoms with Crippen LogP contribution in [0.4, 0.5) is 0 Å². The number of rotatable bonds is 2. The molecule has 0 fully saturated rings. The molecule has 0 N–H and O–H groups in total. The molecule has 0 bridgehead atoms. The largest absolute Gasteiger partial charge is 1.00 e. The topological polar surface area (TPSA) is 79.6 Å². The molecule has 1 aromatic heterocycles. The fourth-order valence-electron chi connectivity index (χ4n) is 0.667. The summed E-state index contributed by atoms with van der Waals surface area (Å²) in [4.78, 5) is 10.8. The molecule has 0 aromatic carbocycles. The van der Waals surface area contributed by atoms with Crippen LogP contribution in [0.15, 0.2) is 20.0 Å². The van der Waals surface area contributed by atoms with Crippen LogP contribution in [-0.2, 0) is 15.8 Å². The number of ether oxygens (including phenoxy) is 1. The molecule has 1 rings (SSSR count). The van der Waals surface area contributed by atoms with E-state index in [0.29, 0.717) is 0 Å². The van der Waals surface area contributed by atoms with E-state index in [9.17, 15) is 13.6 Å². The van der Waals surface area contributed by atoms with Crippen LogP contribution < -0.4 is 29.6 Å². The van der Waals surface area contributed by atoms with Crippen molar-refractivity contribution in [1.29, 1.82) is 0 Å². The molecule has 1 atom stereocenters. The zero-order valence-electron chi connectivity index (χ0n) is 7.40. The third-order valence-corrected chi connectivity index (χ3v) is 2.74. The molecular formula is C6H4BrNaO5S. The first-order valence-electron chi connectivity index (χ1n) is 3.03. The molecule has 0 aliphatic heterocycles. The smallest absolute Gasteiger partial charge is 0.768 e. The first kappa shape index (κ1) is 14.3. The Kier molecular flexibility index (Phi) is 6.19. The first-order chi connectivity index (χ1) is 6.06. The van der Waals surface area contributed by atoms with Gasteiger partial charge in [-0.15, -0.1) is 0 Å². The summed E-state index contributed by atoms with van der Waals surface area (Å²) in [5, 5.41) is 0. The van der Waals surface area contributed by atoms with E-state index in [-0.39, 0.29) is 44.9 Å². The molecule has 0 aliphatic carbocycles. The maximum Gasteiger partial charge on any atom is 1.00 e. The van der Waals surface area contributed by atoms with Crippen LogP contribution in [0.5, 0.6) is 0 Å². The Morgan fingerprint density at radius 2 is 2.29 bits per heavy atom. The second-order valence-corrected chi connectivity index (χ2v) is 3.60. The van der Waals surface area contributed by atoms with Gasteiger partial charge in [0.15, 0.2) is 4.67 Å². The summed E-state index contributed by atoms with van der Waals surface area (Å²) in [5.41, 5.74) is 0. The van der Waals surface area contributed by atoms with Gasteiger partial charge in [0, 0.05) is 6.07 Å². The summed E-state index contributed by atoms with van der Waals surface area (Å²) in [7, 11) is 1.17. The minimum Gasteiger partial charge on any atom is -0.768 e. The zero-order valence-corrected chi connectivity index (χ0v) is 11.8. The molecule has 1 aromatic rings. The standard InChI is InChI=1S/C6H5BrO5S.Na/c1-11-6(8)3-2-4(13(9)10)5(7)12-3;/h2H,1H3,(H,9,10);/q;+1/p-1. The Balaban J connectivity index is 0.00000169. The van der Waals surface area contributed by atoms with Crippen molar-refractivity contribution in [2.24, 2.45) is 0 Å². The molecule has 8 heteroatoms. The fourth-order valence-corrected chi connectivity index (χ4v) is 1.73. The van der Waals surface area contributed by atoms with Crippen molar-refractivity contribution >= 4 is 33.0 Å². The van der Waals surface area contributed by atoms with E-state index >= 15 is 0 Å². The van der Waals surface area contributed by atoms with Crippen LogP contribution in [0.1, 0.15) is 10.6 Å². The summed E-state index contributed by atoms with van der Waals surface area (Å²) >= 11 is 0.411. The minimum absolute atomic E-state index is 0. The summed E-state index contributed by atoms with van der Waals surface area (Å²) in [6, 6.07) is 1.08. The second-order valence-electron chi connectivity index (χ2n) is 1.97. The van der Waals surface area contributed by atoms with Gasteiger partial charge in [-0.3, -0.25) is 4.21 Å². The van der Waals surface area contributed by atoms with E-state index in [4.69, 9.17) is 4.42 Å². The van der Waals surface area contributed by atoms with Gasteiger partial charge in [0.2, 0.25) is 5.76 Å². The predicted molar refractivity (Wildman–Crippen MR) is 44.9 cm³/mol. The average Bonchev–Trinajstić information content (AvgIpc) is 2.46. The van der Waals surface area contributed by atoms with Gasteiger partial charge in [-0.1, -0.05) is 0 Å². The van der Waals surface area contributed by atoms with Gasteiger partial charge in [0.05, 0.1) is 12.0 Å². The van der Waals surface area contributed by atoms with Crippen LogP contribution in [0.25, 0.3) is 0 Å². The van der Waals surface area contributed by atoms with Crippen molar-refractivity contribution in [2.45, 2.75) is 4.90 Å². The van der Waals surface area contributed by atoms with Crippen molar-refractivity contribution in [2.75, 3.05) is 7.11 Å². The van der Waals surface area contributed by atoms with Crippen molar-refractivity contribution in [3.05, 3.63) is 16.5 Å². The Labute approximate surface area is 113 Å². The number of esters is 1. The van der Waals surface area contributed by atoms with Crippen molar-refractivity contribution in [3.8, 4) is 0 Å². The molecule has 1 heterocycles. The molecule has 72 valence electrons. The van der Waals surface area contributed by atoms with Crippen LogP contribution in [-0.4, -0.2) is 21.8 Å². The summed E-state index contributed by atoms with van der Waals surface area (Å²) < 4.78 is 30.1. The molecule has 0 aliphatic rings. The third kappa shape index (κ3) is 3.18. The summed E-state index contributed by atoms with van der Waals surface area (Å²) in [5.74, 6) is -0.883. The third-order valence-electron chi connectivity index (χ3n) is 1.22. The van der Waals surface area contributed by atoms with Crippen molar-refractivity contribution < 1.29 is 52.3 Å². The Bertz CT molecular complexity index is 363. The van der Waals surface area contributed by atoms with Crippen LogP contribution >= 0.6 is 15.9 Å². The predicted octanol–water partition coefficient (Wildman–Crippen LogP) is -1.93. The maximum atomic E-state index is 10.9. The normalized spacial score (nSPS) is 11.6. The molecule has 5 nitrogen and oxygen atoms in total. The molecule has 14 heavy (non-hydrogen) atoms. The van der Waals surface area contributed by atoms with E-state index in [1.807, 2.05) is 0 Å². The quantitative estimate of drug-likeness (QED) is 0.360. The van der Waals surface area contributed by atoms with Gasteiger partial charge < -0.3 is 13.7 Å². The van der Waals surface area contributed by atoms with Gasteiger partial charge in [0.1, 0.15) is 0 Å². The Morgan fingerprint density at radius 1 is 1.71 bits per heavy atom. The monoisotopic (exact) mass is 290 g/mol. The van der Waals surface area contributed by atoms with Gasteiger partial charge in [-0.25, -0.2) is 4.79 Å². The number of halogens is 1. The van der Waals surface area contributed by atoms with E-state index in [1.165, 1.54) is 7.11 Å². The molecular weight excluding hydrogens is 287 g/mol. The number of hydrogen-bond donors (Lipinski definition) is 0. The average molecular weight is 291 g/mol. The molecule has 0 radical (unpaired) electrons. The maximum absolute atomic E-state index is 10.9. The fraction of sp³-hybridized carbons (Fsp3) is 0.167. The van der Waals surface area contributed by atoms with Crippen LogP contribution in [0, 0.1) is 0 Å². The van der Waals surface area contributed by atoms with Crippen molar-refractivity contribution in [3.63, 3.8) is 0 Å². The van der Waals surface area contributed by atoms with E-state index in [1.54, 1.807) is 0 Å². The summed E-state index contributed by atoms with van der Waals surface area (Å²) in [6.07, 6.45) is 0. The Hall–Kier alpha value is 0.340. The van der Waals surface area contributed by atoms with E-state index in [2.05, 4.69) is 20.7 Å². The number of carbonyl (C=O) groups excluding carboxylic acids is 1. The molecule has 1 unspecified atom stereocenters. The van der Waals surface area contributed by atoms with Gasteiger partial charge in [-0.2, -0.15) is 0 Å². The van der Waals surface area contributed by atoms with Gasteiger partial charge in [0.25, 0.3) is 0 Å². The minimum atomic E-state index is -2.44. The first-order valence-corrected chi connectivity index (χ1v) is 4.90. The SMILES string of the molecule is COC(=O)c1cc(S(=O)[O-])c(Br)o1.[Na+]. The summed E-state index contributed by atoms with van der Waals surface area (Å²) in [6.45, 7) is 0. The zero-order chi connectivity index (χ0) is 10.0. The van der Waals surface area contributed by atoms with Gasteiger partial charge >= 0.3 is 35.5 Å². The van der Waals surface area contributed by atoms with Crippen LogP contribution in [0.2, 0.25) is 0 Å². The molecule has 0 spiro atoms. The second kappa shape index (κ2) is 6.04. The van der Waals surface area contributed by atoms with Crippen LogP contribution in [0.3, 0.4) is 0 Å². The Morgan fingerprint density at radius 3 is 2.64 bits per heavy atom. The van der Waals surface area contributed by atoms with Crippen molar-refractivity contribution in [1.82, 2.24) is 0 Å². The molecule has 0 amide bonds. The van der Waals surface area contributed by atoms with Gasteiger partial charge in [-0.05, 0) is 27.0 Å². The molecule has 0 saturated heterocycles. The van der Waals surface area contributed by atoms with E-state index in [0.717, 1.165) is 6.07 Å².